The third-order valence-electron chi connectivity index (χ3n) is 9.76. The normalized spacial score (nSPS) is 11.6. The first-order chi connectivity index (χ1) is 21.9. The molecule has 0 atom stereocenters. The van der Waals surface area contributed by atoms with Crippen molar-refractivity contribution in [3.05, 3.63) is 117 Å². The predicted molar refractivity (Wildman–Crippen MR) is 203 cm³/mol. The zero-order valence-corrected chi connectivity index (χ0v) is 30.0. The number of benzene rings is 5. The van der Waals surface area contributed by atoms with E-state index in [4.69, 9.17) is 4.74 Å². The van der Waals surface area contributed by atoms with Gasteiger partial charge in [0.25, 0.3) is 0 Å². The zero-order chi connectivity index (χ0) is 32.9. The van der Waals surface area contributed by atoms with E-state index in [0.29, 0.717) is 5.92 Å². The molecule has 0 aliphatic carbocycles. The molecular weight excluding hydrogens is 579 g/mol. The number of fused-ring (bicyclic) bond motifs is 6. The SMILES string of the molecule is Cc1cc2c3cc(C)c(C)cc3n(-c3ccc(OCCC(C)C)cc3)c2cc1C.Cc1cc2sc3cc(C)c(C)cc3c2cc1C. The smallest absolute Gasteiger partial charge is 0.119 e. The largest absolute Gasteiger partial charge is 0.494 e. The average Bonchev–Trinajstić information content (AvgIpc) is 3.48. The Balaban J connectivity index is 0.000000185. The number of hydrogen-bond donors (Lipinski definition) is 0. The molecule has 0 saturated carbocycles. The maximum Gasteiger partial charge on any atom is 0.119 e. The molecule has 7 aromatic rings. The molecule has 3 heteroatoms. The fourth-order valence-electron chi connectivity index (χ4n) is 6.20. The molecule has 0 radical (unpaired) electrons. The predicted octanol–water partition coefficient (Wildman–Crippen LogP) is 12.7. The molecule has 0 aliphatic heterocycles. The number of rotatable bonds is 5. The summed E-state index contributed by atoms with van der Waals surface area (Å²) in [6, 6.07) is 27.2. The molecule has 0 unspecified atom stereocenters. The lowest BCUT2D eigenvalue weighted by molar-refractivity contribution is 0.289. The van der Waals surface area contributed by atoms with Gasteiger partial charge in [-0.05, 0) is 185 Å². The van der Waals surface area contributed by atoms with Crippen molar-refractivity contribution in [3.8, 4) is 11.4 Å². The van der Waals surface area contributed by atoms with Gasteiger partial charge in [-0.25, -0.2) is 0 Å². The Morgan fingerprint density at radius 1 is 0.522 bits per heavy atom. The highest BCUT2D eigenvalue weighted by Gasteiger charge is 2.15. The number of thiophene rings is 1. The molecule has 0 N–H and O–H groups in total. The maximum absolute atomic E-state index is 5.92. The highest BCUT2D eigenvalue weighted by molar-refractivity contribution is 7.25. The molecule has 0 aliphatic rings. The van der Waals surface area contributed by atoms with Crippen LogP contribution in [-0.2, 0) is 0 Å². The van der Waals surface area contributed by atoms with E-state index in [2.05, 4.69) is 147 Å². The van der Waals surface area contributed by atoms with E-state index in [1.165, 1.54) is 92.2 Å². The zero-order valence-electron chi connectivity index (χ0n) is 29.2. The molecule has 5 aromatic carbocycles. The summed E-state index contributed by atoms with van der Waals surface area (Å²) >= 11 is 1.91. The molecule has 46 heavy (non-hydrogen) atoms. The van der Waals surface area contributed by atoms with Gasteiger partial charge in [-0.3, -0.25) is 0 Å². The fourth-order valence-corrected chi connectivity index (χ4v) is 7.47. The first-order valence-electron chi connectivity index (χ1n) is 16.6. The minimum Gasteiger partial charge on any atom is -0.494 e. The number of aromatic nitrogens is 1. The lowest BCUT2D eigenvalue weighted by atomic mass is 10.0. The highest BCUT2D eigenvalue weighted by atomic mass is 32.1. The first-order valence-corrected chi connectivity index (χ1v) is 17.4. The van der Waals surface area contributed by atoms with Gasteiger partial charge in [-0.1, -0.05) is 13.8 Å². The van der Waals surface area contributed by atoms with Gasteiger partial charge in [0.1, 0.15) is 5.75 Å². The second kappa shape index (κ2) is 12.6. The van der Waals surface area contributed by atoms with Gasteiger partial charge in [0, 0.05) is 36.6 Å². The molecule has 2 aromatic heterocycles. The molecule has 0 saturated heterocycles. The highest BCUT2D eigenvalue weighted by Crippen LogP contribution is 2.37. The van der Waals surface area contributed by atoms with Crippen molar-refractivity contribution in [2.45, 2.75) is 75.7 Å². The van der Waals surface area contributed by atoms with Gasteiger partial charge < -0.3 is 9.30 Å². The van der Waals surface area contributed by atoms with Crippen molar-refractivity contribution in [3.63, 3.8) is 0 Å². The van der Waals surface area contributed by atoms with Gasteiger partial charge in [0.15, 0.2) is 0 Å². The topological polar surface area (TPSA) is 14.2 Å². The van der Waals surface area contributed by atoms with Crippen molar-refractivity contribution in [2.75, 3.05) is 6.61 Å². The van der Waals surface area contributed by atoms with E-state index in [1.54, 1.807) is 0 Å². The molecule has 7 rings (SSSR count). The van der Waals surface area contributed by atoms with Crippen LogP contribution in [0, 0.1) is 61.3 Å². The van der Waals surface area contributed by atoms with Crippen molar-refractivity contribution in [2.24, 2.45) is 5.92 Å². The number of nitrogens with zero attached hydrogens (tertiary/aromatic N) is 1. The summed E-state index contributed by atoms with van der Waals surface area (Å²) in [6.45, 7) is 22.8. The van der Waals surface area contributed by atoms with Crippen LogP contribution < -0.4 is 4.74 Å². The summed E-state index contributed by atoms with van der Waals surface area (Å²) in [5.74, 6) is 1.60. The van der Waals surface area contributed by atoms with Crippen LogP contribution >= 0.6 is 11.3 Å². The number of ether oxygens (including phenoxy) is 1. The summed E-state index contributed by atoms with van der Waals surface area (Å²) in [6.07, 6.45) is 1.08. The van der Waals surface area contributed by atoms with E-state index in [1.807, 2.05) is 11.3 Å². The Labute approximate surface area is 278 Å². The van der Waals surface area contributed by atoms with Crippen molar-refractivity contribution in [1.82, 2.24) is 4.57 Å². The van der Waals surface area contributed by atoms with E-state index in [9.17, 15) is 0 Å². The van der Waals surface area contributed by atoms with Crippen molar-refractivity contribution < 1.29 is 4.74 Å². The Kier molecular flexibility index (Phi) is 8.74. The fraction of sp³-hybridized carbons (Fsp3) is 0.302. The van der Waals surface area contributed by atoms with Crippen LogP contribution in [0.1, 0.15) is 64.8 Å². The van der Waals surface area contributed by atoms with Gasteiger partial charge in [-0.2, -0.15) is 0 Å². The van der Waals surface area contributed by atoms with Crippen LogP contribution in [-0.4, -0.2) is 11.2 Å². The maximum atomic E-state index is 5.92. The average molecular weight is 626 g/mol. The van der Waals surface area contributed by atoms with Crippen LogP contribution in [0.15, 0.2) is 72.8 Å². The van der Waals surface area contributed by atoms with Crippen molar-refractivity contribution >= 4 is 53.3 Å². The van der Waals surface area contributed by atoms with E-state index < -0.39 is 0 Å². The van der Waals surface area contributed by atoms with Crippen LogP contribution in [0.5, 0.6) is 5.75 Å². The van der Waals surface area contributed by atoms with Crippen LogP contribution in [0.25, 0.3) is 47.7 Å². The van der Waals surface area contributed by atoms with Gasteiger partial charge in [-0.15, -0.1) is 11.3 Å². The Hall–Kier alpha value is -4.08. The van der Waals surface area contributed by atoms with Gasteiger partial charge in [0.2, 0.25) is 0 Å². The van der Waals surface area contributed by atoms with Crippen LogP contribution in [0.3, 0.4) is 0 Å². The summed E-state index contributed by atoms with van der Waals surface area (Å²) in [7, 11) is 0. The number of hydrogen-bond acceptors (Lipinski definition) is 2. The molecule has 0 spiro atoms. The quantitative estimate of drug-likeness (QED) is 0.186. The summed E-state index contributed by atoms with van der Waals surface area (Å²) < 4.78 is 11.1. The molecular formula is C43H47NOS. The standard InChI is InChI=1S/C27H31NO.C16H16S/c1-17(2)11-12-29-23-9-7-22(8-10-23)28-26-15-20(5)18(3)13-24(26)25-14-19(4)21(6)16-27(25)28;1-9-5-13-14-6-10(2)12(4)8-16(14)17-15(13)7-11(9)3/h7-10,13-17H,11-12H2,1-6H3;5-8H,1-4H3. The van der Waals surface area contributed by atoms with Crippen molar-refractivity contribution in [1.29, 1.82) is 0 Å². The molecule has 0 bridgehead atoms. The lowest BCUT2D eigenvalue weighted by Crippen LogP contribution is -2.01. The molecule has 0 amide bonds. The lowest BCUT2D eigenvalue weighted by Gasteiger charge is -2.12. The molecule has 2 nitrogen and oxygen atoms in total. The summed E-state index contributed by atoms with van der Waals surface area (Å²) in [5, 5.41) is 5.47. The van der Waals surface area contributed by atoms with Crippen LogP contribution in [0.4, 0.5) is 0 Å². The van der Waals surface area contributed by atoms with E-state index >= 15 is 0 Å². The second-order valence-corrected chi connectivity index (χ2v) is 14.8. The van der Waals surface area contributed by atoms with Crippen LogP contribution in [0.2, 0.25) is 0 Å². The third-order valence-corrected chi connectivity index (χ3v) is 10.9. The monoisotopic (exact) mass is 625 g/mol. The first kappa shape index (κ1) is 31.9. The van der Waals surface area contributed by atoms with E-state index in [0.717, 1.165) is 18.8 Å². The third kappa shape index (κ3) is 6.06. The Morgan fingerprint density at radius 3 is 1.35 bits per heavy atom. The minimum atomic E-state index is 0.658. The number of aryl methyl sites for hydroxylation is 8. The summed E-state index contributed by atoms with van der Waals surface area (Å²) in [4.78, 5) is 0. The van der Waals surface area contributed by atoms with Gasteiger partial charge >= 0.3 is 0 Å². The van der Waals surface area contributed by atoms with Gasteiger partial charge in [0.05, 0.1) is 17.6 Å². The Bertz CT molecular complexity index is 2100. The molecule has 2 heterocycles. The second-order valence-electron chi connectivity index (χ2n) is 13.7. The summed E-state index contributed by atoms with van der Waals surface area (Å²) in [5.41, 5.74) is 14.6. The minimum absolute atomic E-state index is 0.658. The molecule has 0 fully saturated rings. The van der Waals surface area contributed by atoms with E-state index in [-0.39, 0.29) is 0 Å². The Morgan fingerprint density at radius 2 is 0.913 bits per heavy atom. The molecule has 236 valence electrons.